The third-order valence-electron chi connectivity index (χ3n) is 3.56. The molecule has 1 unspecified atom stereocenters. The first kappa shape index (κ1) is 15.9. The lowest BCUT2D eigenvalue weighted by atomic mass is 9.98. The van der Waals surface area contributed by atoms with Gasteiger partial charge in [-0.15, -0.1) is 0 Å². The number of hydrogen-bond acceptors (Lipinski definition) is 3. The van der Waals surface area contributed by atoms with Gasteiger partial charge in [0.25, 0.3) is 0 Å². The molecule has 0 saturated heterocycles. The van der Waals surface area contributed by atoms with E-state index < -0.39 is 0 Å². The summed E-state index contributed by atoms with van der Waals surface area (Å²) < 4.78 is 0. The van der Waals surface area contributed by atoms with Crippen molar-refractivity contribution >= 4 is 11.6 Å². The number of aromatic nitrogens is 2. The van der Waals surface area contributed by atoms with E-state index in [1.807, 2.05) is 13.0 Å². The van der Waals surface area contributed by atoms with E-state index in [1.54, 1.807) is 12.4 Å². The number of pyridine rings is 2. The van der Waals surface area contributed by atoms with Crippen molar-refractivity contribution in [3.05, 3.63) is 58.1 Å². The molecule has 2 heterocycles. The van der Waals surface area contributed by atoms with E-state index in [-0.39, 0.29) is 6.04 Å². The minimum atomic E-state index is 0.220. The Balaban J connectivity index is 2.27. The van der Waals surface area contributed by atoms with Crippen LogP contribution in [0, 0.1) is 13.8 Å². The van der Waals surface area contributed by atoms with Crippen LogP contribution < -0.4 is 5.32 Å². The Bertz CT molecular complexity index is 598. The molecule has 0 aliphatic carbocycles. The first-order chi connectivity index (χ1) is 10.1. The molecule has 1 N–H and O–H groups in total. The average molecular weight is 304 g/mol. The van der Waals surface area contributed by atoms with E-state index in [0.717, 1.165) is 41.4 Å². The average Bonchev–Trinajstić information content (AvgIpc) is 2.46. The predicted octanol–water partition coefficient (Wildman–Crippen LogP) is 4.03. The third kappa shape index (κ3) is 4.26. The fourth-order valence-electron chi connectivity index (χ4n) is 2.47. The number of rotatable bonds is 6. The largest absolute Gasteiger partial charge is 0.310 e. The summed E-state index contributed by atoms with van der Waals surface area (Å²) >= 11 is 6.25. The van der Waals surface area contributed by atoms with Gasteiger partial charge in [0, 0.05) is 29.8 Å². The van der Waals surface area contributed by atoms with Gasteiger partial charge in [-0.2, -0.15) is 0 Å². The van der Waals surface area contributed by atoms with Gasteiger partial charge in [-0.25, -0.2) is 0 Å². The highest BCUT2D eigenvalue weighted by atomic mass is 35.5. The molecule has 2 aromatic heterocycles. The van der Waals surface area contributed by atoms with Crippen LogP contribution in [0.4, 0.5) is 0 Å². The van der Waals surface area contributed by atoms with Crippen LogP contribution in [-0.4, -0.2) is 16.5 Å². The Labute approximate surface area is 131 Å². The summed E-state index contributed by atoms with van der Waals surface area (Å²) in [6, 6.07) is 6.44. The minimum Gasteiger partial charge on any atom is -0.310 e. The molecule has 0 fully saturated rings. The van der Waals surface area contributed by atoms with Crippen LogP contribution in [0.2, 0.25) is 5.02 Å². The van der Waals surface area contributed by atoms with Crippen molar-refractivity contribution in [1.82, 2.24) is 15.3 Å². The fourth-order valence-corrected chi connectivity index (χ4v) is 2.66. The maximum atomic E-state index is 6.25. The van der Waals surface area contributed by atoms with Crippen molar-refractivity contribution in [2.45, 2.75) is 39.7 Å². The molecule has 0 aliphatic heterocycles. The maximum absolute atomic E-state index is 6.25. The summed E-state index contributed by atoms with van der Waals surface area (Å²) in [7, 11) is 0. The van der Waals surface area contributed by atoms with Crippen molar-refractivity contribution in [2.75, 3.05) is 6.54 Å². The van der Waals surface area contributed by atoms with E-state index in [9.17, 15) is 0 Å². The Hall–Kier alpha value is -1.45. The summed E-state index contributed by atoms with van der Waals surface area (Å²) in [6.07, 6.45) is 5.43. The Morgan fingerprint density at radius 2 is 2.05 bits per heavy atom. The van der Waals surface area contributed by atoms with Gasteiger partial charge in [-0.1, -0.05) is 24.6 Å². The molecule has 2 aromatic rings. The number of halogens is 1. The van der Waals surface area contributed by atoms with Gasteiger partial charge in [0.15, 0.2) is 0 Å². The molecule has 0 amide bonds. The summed E-state index contributed by atoms with van der Waals surface area (Å²) in [5.74, 6) is 0. The molecular weight excluding hydrogens is 282 g/mol. The SMILES string of the molecule is CCCNC(Cc1ccncc1Cl)c1ccc(C)nc1C. The van der Waals surface area contributed by atoms with Crippen LogP contribution in [0.3, 0.4) is 0 Å². The monoisotopic (exact) mass is 303 g/mol. The molecular formula is C17H22ClN3. The van der Waals surface area contributed by atoms with Crippen LogP contribution in [0.15, 0.2) is 30.6 Å². The lowest BCUT2D eigenvalue weighted by Gasteiger charge is -2.21. The highest BCUT2D eigenvalue weighted by molar-refractivity contribution is 6.31. The molecule has 2 rings (SSSR count). The summed E-state index contributed by atoms with van der Waals surface area (Å²) in [5, 5.41) is 4.32. The highest BCUT2D eigenvalue weighted by Crippen LogP contribution is 2.24. The molecule has 21 heavy (non-hydrogen) atoms. The Kier molecular flexibility index (Phi) is 5.71. The van der Waals surface area contributed by atoms with Gasteiger partial charge in [-0.3, -0.25) is 9.97 Å². The van der Waals surface area contributed by atoms with Crippen molar-refractivity contribution < 1.29 is 0 Å². The van der Waals surface area contributed by atoms with E-state index in [1.165, 1.54) is 5.56 Å². The van der Waals surface area contributed by atoms with Crippen LogP contribution in [0.1, 0.15) is 41.9 Å². The molecule has 4 heteroatoms. The normalized spacial score (nSPS) is 12.4. The molecule has 0 bridgehead atoms. The number of aryl methyl sites for hydroxylation is 2. The second-order valence-corrected chi connectivity index (χ2v) is 5.71. The van der Waals surface area contributed by atoms with Crippen molar-refractivity contribution in [2.24, 2.45) is 0 Å². The zero-order chi connectivity index (χ0) is 15.2. The molecule has 0 spiro atoms. The molecule has 0 aromatic carbocycles. The zero-order valence-electron chi connectivity index (χ0n) is 12.9. The van der Waals surface area contributed by atoms with Crippen LogP contribution in [-0.2, 0) is 6.42 Å². The summed E-state index contributed by atoms with van der Waals surface area (Å²) in [5.41, 5.74) is 4.48. The highest BCUT2D eigenvalue weighted by Gasteiger charge is 2.16. The maximum Gasteiger partial charge on any atom is 0.0622 e. The number of nitrogens with zero attached hydrogens (tertiary/aromatic N) is 2. The Morgan fingerprint density at radius 1 is 1.24 bits per heavy atom. The first-order valence-electron chi connectivity index (χ1n) is 7.37. The van der Waals surface area contributed by atoms with Crippen molar-refractivity contribution in [3.63, 3.8) is 0 Å². The molecule has 0 aliphatic rings. The van der Waals surface area contributed by atoms with E-state index in [2.05, 4.69) is 41.3 Å². The standard InChI is InChI=1S/C17H22ClN3/c1-4-8-20-17(10-14-7-9-19-11-16(14)18)15-6-5-12(2)21-13(15)3/h5-7,9,11,17,20H,4,8,10H2,1-3H3. The predicted molar refractivity (Wildman–Crippen MR) is 87.7 cm³/mol. The summed E-state index contributed by atoms with van der Waals surface area (Å²) in [6.45, 7) is 7.23. The van der Waals surface area contributed by atoms with Crippen molar-refractivity contribution in [1.29, 1.82) is 0 Å². The van der Waals surface area contributed by atoms with E-state index in [4.69, 9.17) is 11.6 Å². The van der Waals surface area contributed by atoms with Gasteiger partial charge in [0.1, 0.15) is 0 Å². The molecule has 0 saturated carbocycles. The topological polar surface area (TPSA) is 37.8 Å². The molecule has 1 atom stereocenters. The van der Waals surface area contributed by atoms with Gasteiger partial charge in [0.2, 0.25) is 0 Å². The molecule has 3 nitrogen and oxygen atoms in total. The van der Waals surface area contributed by atoms with Gasteiger partial charge >= 0.3 is 0 Å². The van der Waals surface area contributed by atoms with Crippen LogP contribution in [0.25, 0.3) is 0 Å². The molecule has 112 valence electrons. The fraction of sp³-hybridized carbons (Fsp3) is 0.412. The third-order valence-corrected chi connectivity index (χ3v) is 3.90. The summed E-state index contributed by atoms with van der Waals surface area (Å²) in [4.78, 5) is 8.63. The van der Waals surface area contributed by atoms with E-state index in [0.29, 0.717) is 0 Å². The second kappa shape index (κ2) is 7.53. The number of nitrogens with one attached hydrogen (secondary N) is 1. The number of hydrogen-bond donors (Lipinski definition) is 1. The van der Waals surface area contributed by atoms with Crippen LogP contribution >= 0.6 is 11.6 Å². The van der Waals surface area contributed by atoms with E-state index >= 15 is 0 Å². The Morgan fingerprint density at radius 3 is 2.71 bits per heavy atom. The second-order valence-electron chi connectivity index (χ2n) is 5.31. The molecule has 0 radical (unpaired) electrons. The van der Waals surface area contributed by atoms with Gasteiger partial charge in [0.05, 0.1) is 5.02 Å². The first-order valence-corrected chi connectivity index (χ1v) is 7.75. The smallest absolute Gasteiger partial charge is 0.0622 e. The van der Waals surface area contributed by atoms with Gasteiger partial charge in [-0.05, 0) is 56.5 Å². The lowest BCUT2D eigenvalue weighted by molar-refractivity contribution is 0.525. The quantitative estimate of drug-likeness (QED) is 0.875. The minimum absolute atomic E-state index is 0.220. The van der Waals surface area contributed by atoms with Crippen LogP contribution in [0.5, 0.6) is 0 Å². The zero-order valence-corrected chi connectivity index (χ0v) is 13.6. The lowest BCUT2D eigenvalue weighted by Crippen LogP contribution is -2.25. The van der Waals surface area contributed by atoms with Gasteiger partial charge < -0.3 is 5.32 Å². The van der Waals surface area contributed by atoms with Crippen molar-refractivity contribution in [3.8, 4) is 0 Å².